The second kappa shape index (κ2) is 9.90. The summed E-state index contributed by atoms with van der Waals surface area (Å²) in [4.78, 5) is 15.1. The smallest absolute Gasteiger partial charge is 0.240 e. The van der Waals surface area contributed by atoms with Crippen molar-refractivity contribution in [2.75, 3.05) is 26.2 Å². The van der Waals surface area contributed by atoms with Crippen molar-refractivity contribution >= 4 is 30.1 Å². The van der Waals surface area contributed by atoms with Crippen LogP contribution < -0.4 is 5.32 Å². The molecule has 0 radical (unpaired) electrons. The van der Waals surface area contributed by atoms with Gasteiger partial charge in [0.25, 0.3) is 0 Å². The van der Waals surface area contributed by atoms with Gasteiger partial charge < -0.3 is 10.2 Å². The lowest BCUT2D eigenvalue weighted by Crippen LogP contribution is -2.36. The standard InChI is InChI=1S/C19H20F2N2OS.ClH/c20-15-7-8-16(21)17(13-15)25-18(14-5-2-1-3-6-14)19(24)23-11-4-9-22-10-12-23;/h1-3,5-8,13,18,22H,4,9-12H2;1H. The van der Waals surface area contributed by atoms with Crippen molar-refractivity contribution in [2.24, 2.45) is 0 Å². The normalized spacial score (nSPS) is 15.7. The predicted molar refractivity (Wildman–Crippen MR) is 103 cm³/mol. The largest absolute Gasteiger partial charge is 0.340 e. The summed E-state index contributed by atoms with van der Waals surface area (Å²) in [5, 5.41) is 2.67. The summed E-state index contributed by atoms with van der Waals surface area (Å²) in [6.07, 6.45) is 0.881. The molecule has 1 atom stereocenters. The van der Waals surface area contributed by atoms with E-state index in [0.717, 1.165) is 55.0 Å². The fourth-order valence-electron chi connectivity index (χ4n) is 2.82. The second-order valence-corrected chi connectivity index (χ2v) is 7.06. The zero-order valence-corrected chi connectivity index (χ0v) is 15.8. The topological polar surface area (TPSA) is 32.3 Å². The van der Waals surface area contributed by atoms with E-state index in [2.05, 4.69) is 5.32 Å². The first-order valence-electron chi connectivity index (χ1n) is 8.31. The number of benzene rings is 2. The van der Waals surface area contributed by atoms with Crippen LogP contribution in [0.3, 0.4) is 0 Å². The molecule has 1 amide bonds. The predicted octanol–water partition coefficient (Wildman–Crippen LogP) is 4.04. The van der Waals surface area contributed by atoms with Gasteiger partial charge in [0.1, 0.15) is 16.9 Å². The van der Waals surface area contributed by atoms with Gasteiger partial charge in [0, 0.05) is 24.5 Å². The number of carbonyl (C=O) groups is 1. The fraction of sp³-hybridized carbons (Fsp3) is 0.316. The molecule has 140 valence electrons. The minimum absolute atomic E-state index is 0. The van der Waals surface area contributed by atoms with Gasteiger partial charge in [-0.2, -0.15) is 0 Å². The Balaban J connectivity index is 0.00000243. The molecular weight excluding hydrogens is 378 g/mol. The molecule has 0 spiro atoms. The quantitative estimate of drug-likeness (QED) is 0.789. The van der Waals surface area contributed by atoms with Gasteiger partial charge in [0.2, 0.25) is 5.91 Å². The highest BCUT2D eigenvalue weighted by Crippen LogP contribution is 2.38. The van der Waals surface area contributed by atoms with Crippen LogP contribution in [0, 0.1) is 11.6 Å². The highest BCUT2D eigenvalue weighted by atomic mass is 35.5. The molecule has 2 aromatic rings. The number of nitrogens with one attached hydrogen (secondary N) is 1. The number of nitrogens with zero attached hydrogens (tertiary/aromatic N) is 1. The van der Waals surface area contributed by atoms with Gasteiger partial charge in [-0.15, -0.1) is 24.2 Å². The Hall–Kier alpha value is -1.63. The van der Waals surface area contributed by atoms with Crippen molar-refractivity contribution in [1.29, 1.82) is 0 Å². The summed E-state index contributed by atoms with van der Waals surface area (Å²) in [5.41, 5.74) is 0.790. The van der Waals surface area contributed by atoms with Crippen molar-refractivity contribution in [1.82, 2.24) is 10.2 Å². The Kier molecular flexibility index (Phi) is 7.87. The number of rotatable bonds is 4. The first kappa shape index (κ1) is 20.7. The fourth-order valence-corrected chi connectivity index (χ4v) is 3.97. The maximum atomic E-state index is 14.1. The molecule has 1 N–H and O–H groups in total. The lowest BCUT2D eigenvalue weighted by molar-refractivity contribution is -0.130. The summed E-state index contributed by atoms with van der Waals surface area (Å²) in [6.45, 7) is 2.91. The van der Waals surface area contributed by atoms with E-state index in [9.17, 15) is 13.6 Å². The molecule has 3 nitrogen and oxygen atoms in total. The maximum absolute atomic E-state index is 14.1. The number of hydrogen-bond acceptors (Lipinski definition) is 3. The number of halogens is 3. The van der Waals surface area contributed by atoms with Crippen LogP contribution in [0.1, 0.15) is 17.2 Å². The molecule has 1 unspecified atom stereocenters. The van der Waals surface area contributed by atoms with Crippen molar-refractivity contribution in [3.8, 4) is 0 Å². The molecule has 1 aliphatic rings. The molecule has 2 aromatic carbocycles. The zero-order valence-electron chi connectivity index (χ0n) is 14.2. The van der Waals surface area contributed by atoms with E-state index in [0.29, 0.717) is 13.1 Å². The first-order chi connectivity index (χ1) is 12.1. The summed E-state index contributed by atoms with van der Waals surface area (Å²) in [5.74, 6) is -1.09. The van der Waals surface area contributed by atoms with Gasteiger partial charge >= 0.3 is 0 Å². The third-order valence-electron chi connectivity index (χ3n) is 4.12. The van der Waals surface area contributed by atoms with Gasteiger partial charge in [-0.25, -0.2) is 8.78 Å². The van der Waals surface area contributed by atoms with E-state index >= 15 is 0 Å². The van der Waals surface area contributed by atoms with Crippen molar-refractivity contribution in [3.05, 3.63) is 65.7 Å². The van der Waals surface area contributed by atoms with Gasteiger partial charge in [-0.1, -0.05) is 30.3 Å². The molecule has 0 aliphatic carbocycles. The number of amides is 1. The molecule has 3 rings (SSSR count). The SMILES string of the molecule is Cl.O=C(C(Sc1cc(F)ccc1F)c1ccccc1)N1CCCNCC1. The molecule has 1 aliphatic heterocycles. The molecule has 26 heavy (non-hydrogen) atoms. The van der Waals surface area contributed by atoms with E-state index in [1.807, 2.05) is 35.2 Å². The molecule has 1 saturated heterocycles. The van der Waals surface area contributed by atoms with Crippen molar-refractivity contribution in [3.63, 3.8) is 0 Å². The van der Waals surface area contributed by atoms with Crippen molar-refractivity contribution in [2.45, 2.75) is 16.6 Å². The summed E-state index contributed by atoms with van der Waals surface area (Å²) < 4.78 is 27.6. The van der Waals surface area contributed by atoms with E-state index in [-0.39, 0.29) is 23.2 Å². The lowest BCUT2D eigenvalue weighted by Gasteiger charge is -2.26. The molecule has 0 aromatic heterocycles. The Morgan fingerprint density at radius 3 is 2.62 bits per heavy atom. The monoisotopic (exact) mass is 398 g/mol. The Morgan fingerprint density at radius 2 is 1.85 bits per heavy atom. The zero-order chi connectivity index (χ0) is 17.6. The van der Waals surface area contributed by atoms with Gasteiger partial charge in [0.05, 0.1) is 0 Å². The van der Waals surface area contributed by atoms with Crippen LogP contribution in [0.2, 0.25) is 0 Å². The number of carbonyl (C=O) groups excluding carboxylic acids is 1. The first-order valence-corrected chi connectivity index (χ1v) is 9.19. The van der Waals surface area contributed by atoms with Crippen LogP contribution in [-0.4, -0.2) is 37.0 Å². The van der Waals surface area contributed by atoms with E-state index in [4.69, 9.17) is 0 Å². The molecule has 0 saturated carbocycles. The second-order valence-electron chi connectivity index (χ2n) is 5.91. The minimum Gasteiger partial charge on any atom is -0.340 e. The minimum atomic E-state index is -0.601. The van der Waals surface area contributed by atoms with E-state index in [1.165, 1.54) is 0 Å². The Labute approximate surface area is 162 Å². The van der Waals surface area contributed by atoms with E-state index in [1.54, 1.807) is 0 Å². The Morgan fingerprint density at radius 1 is 1.08 bits per heavy atom. The average molecular weight is 399 g/mol. The summed E-state index contributed by atoms with van der Waals surface area (Å²) >= 11 is 1.06. The summed E-state index contributed by atoms with van der Waals surface area (Å²) in [6, 6.07) is 12.6. The molecular formula is C19H21ClF2N2OS. The average Bonchev–Trinajstić information content (AvgIpc) is 2.92. The van der Waals surface area contributed by atoms with Crippen LogP contribution in [0.4, 0.5) is 8.78 Å². The molecule has 0 bridgehead atoms. The highest BCUT2D eigenvalue weighted by molar-refractivity contribution is 8.00. The summed E-state index contributed by atoms with van der Waals surface area (Å²) in [7, 11) is 0. The van der Waals surface area contributed by atoms with Crippen molar-refractivity contribution < 1.29 is 13.6 Å². The van der Waals surface area contributed by atoms with Crippen LogP contribution >= 0.6 is 24.2 Å². The highest BCUT2D eigenvalue weighted by Gasteiger charge is 2.28. The third-order valence-corrected chi connectivity index (χ3v) is 5.39. The van der Waals surface area contributed by atoms with Gasteiger partial charge in [-0.05, 0) is 36.7 Å². The maximum Gasteiger partial charge on any atom is 0.240 e. The van der Waals surface area contributed by atoms with Gasteiger partial charge in [-0.3, -0.25) is 4.79 Å². The van der Waals surface area contributed by atoms with Crippen LogP contribution in [0.25, 0.3) is 0 Å². The lowest BCUT2D eigenvalue weighted by atomic mass is 10.1. The van der Waals surface area contributed by atoms with Gasteiger partial charge in [0.15, 0.2) is 0 Å². The Bertz CT molecular complexity index is 725. The van der Waals surface area contributed by atoms with Crippen LogP contribution in [0.15, 0.2) is 53.4 Å². The third kappa shape index (κ3) is 5.19. The van der Waals surface area contributed by atoms with E-state index < -0.39 is 16.9 Å². The molecule has 7 heteroatoms. The molecule has 1 fully saturated rings. The molecule has 1 heterocycles. The van der Waals surface area contributed by atoms with Crippen LogP contribution in [-0.2, 0) is 4.79 Å². The number of hydrogen-bond donors (Lipinski definition) is 1. The van der Waals surface area contributed by atoms with Crippen LogP contribution in [0.5, 0.6) is 0 Å². The number of thioether (sulfide) groups is 1.